The second kappa shape index (κ2) is 10.8. The average molecular weight is 421 g/mol. The molecule has 3 rings (SSSR count). The molecule has 0 fully saturated rings. The molecule has 0 saturated heterocycles. The number of nitrogens with zero attached hydrogens (tertiary/aromatic N) is 1. The SMILES string of the molecule is O=C(CCCNC(=O)c1ccc(F)cc1F)NN=C(c1ccccc1)c1ccccc1. The number of halogens is 2. The fraction of sp³-hybridized carbons (Fsp3) is 0.125. The Labute approximate surface area is 178 Å². The van der Waals surface area contributed by atoms with Gasteiger partial charge in [0.25, 0.3) is 5.91 Å². The highest BCUT2D eigenvalue weighted by atomic mass is 19.1. The number of carbonyl (C=O) groups excluding carboxylic acids is 2. The zero-order valence-corrected chi connectivity index (χ0v) is 16.6. The molecule has 2 amide bonds. The van der Waals surface area contributed by atoms with Gasteiger partial charge in [0.2, 0.25) is 5.91 Å². The number of rotatable bonds is 8. The molecule has 3 aromatic carbocycles. The third kappa shape index (κ3) is 6.30. The molecule has 0 saturated carbocycles. The zero-order chi connectivity index (χ0) is 22.1. The minimum atomic E-state index is -0.932. The molecule has 2 N–H and O–H groups in total. The summed E-state index contributed by atoms with van der Waals surface area (Å²) in [6, 6.07) is 21.7. The van der Waals surface area contributed by atoms with Gasteiger partial charge >= 0.3 is 0 Å². The fourth-order valence-corrected chi connectivity index (χ4v) is 2.88. The number of nitrogens with one attached hydrogen (secondary N) is 2. The zero-order valence-electron chi connectivity index (χ0n) is 16.6. The van der Waals surface area contributed by atoms with E-state index in [9.17, 15) is 18.4 Å². The lowest BCUT2D eigenvalue weighted by atomic mass is 10.0. The highest BCUT2D eigenvalue weighted by Crippen LogP contribution is 2.11. The monoisotopic (exact) mass is 421 g/mol. The maximum absolute atomic E-state index is 13.6. The second-order valence-corrected chi connectivity index (χ2v) is 6.71. The first-order chi connectivity index (χ1) is 15.0. The fourth-order valence-electron chi connectivity index (χ4n) is 2.88. The number of benzene rings is 3. The third-order valence-electron chi connectivity index (χ3n) is 4.43. The minimum absolute atomic E-state index is 0.118. The van der Waals surface area contributed by atoms with Crippen LogP contribution in [0.4, 0.5) is 8.78 Å². The van der Waals surface area contributed by atoms with E-state index in [4.69, 9.17) is 0 Å². The molecular formula is C24H21F2N3O2. The van der Waals surface area contributed by atoms with Crippen molar-refractivity contribution >= 4 is 17.5 Å². The Bertz CT molecular complexity index is 1030. The van der Waals surface area contributed by atoms with Crippen LogP contribution in [0.5, 0.6) is 0 Å². The van der Waals surface area contributed by atoms with Gasteiger partial charge in [-0.15, -0.1) is 0 Å². The van der Waals surface area contributed by atoms with Gasteiger partial charge < -0.3 is 5.32 Å². The number of carbonyl (C=O) groups is 2. The molecule has 0 atom stereocenters. The molecule has 0 radical (unpaired) electrons. The Hall–Kier alpha value is -3.87. The van der Waals surface area contributed by atoms with E-state index in [-0.39, 0.29) is 24.4 Å². The molecule has 0 spiro atoms. The van der Waals surface area contributed by atoms with Gasteiger partial charge in [0, 0.05) is 30.2 Å². The van der Waals surface area contributed by atoms with Crippen molar-refractivity contribution in [2.24, 2.45) is 5.10 Å². The van der Waals surface area contributed by atoms with E-state index < -0.39 is 17.5 Å². The molecule has 0 bridgehead atoms. The smallest absolute Gasteiger partial charge is 0.254 e. The van der Waals surface area contributed by atoms with Crippen LogP contribution in [-0.4, -0.2) is 24.1 Å². The molecule has 0 aromatic heterocycles. The molecule has 3 aromatic rings. The molecule has 0 aliphatic rings. The first-order valence-corrected chi connectivity index (χ1v) is 9.75. The van der Waals surface area contributed by atoms with Crippen LogP contribution in [-0.2, 0) is 4.79 Å². The van der Waals surface area contributed by atoms with Gasteiger partial charge in [-0.1, -0.05) is 60.7 Å². The highest BCUT2D eigenvalue weighted by Gasteiger charge is 2.12. The predicted octanol–water partition coefficient (Wildman–Crippen LogP) is 4.04. The summed E-state index contributed by atoms with van der Waals surface area (Å²) in [5, 5.41) is 6.80. The second-order valence-electron chi connectivity index (χ2n) is 6.71. The van der Waals surface area contributed by atoms with Gasteiger partial charge in [-0.05, 0) is 18.6 Å². The van der Waals surface area contributed by atoms with Gasteiger partial charge in [-0.3, -0.25) is 9.59 Å². The largest absolute Gasteiger partial charge is 0.352 e. The Morgan fingerprint density at radius 2 is 1.45 bits per heavy atom. The van der Waals surface area contributed by atoms with Gasteiger partial charge in [-0.2, -0.15) is 5.10 Å². The van der Waals surface area contributed by atoms with Crippen molar-refractivity contribution in [2.75, 3.05) is 6.54 Å². The van der Waals surface area contributed by atoms with E-state index in [1.807, 2.05) is 60.7 Å². The number of amides is 2. The summed E-state index contributed by atoms with van der Waals surface area (Å²) in [4.78, 5) is 24.1. The first kappa shape index (κ1) is 21.8. The van der Waals surface area contributed by atoms with Crippen molar-refractivity contribution in [3.05, 3.63) is 107 Å². The Morgan fingerprint density at radius 3 is 2.03 bits per heavy atom. The molecule has 0 aliphatic heterocycles. The number of hydrogen-bond acceptors (Lipinski definition) is 3. The summed E-state index contributed by atoms with van der Waals surface area (Å²) in [6.45, 7) is 0.164. The van der Waals surface area contributed by atoms with Gasteiger partial charge in [0.05, 0.1) is 11.3 Å². The third-order valence-corrected chi connectivity index (χ3v) is 4.43. The Morgan fingerprint density at radius 1 is 0.839 bits per heavy atom. The number of hydrogen-bond donors (Lipinski definition) is 2. The maximum atomic E-state index is 13.6. The molecule has 158 valence electrons. The summed E-state index contributed by atoms with van der Waals surface area (Å²) in [5.74, 6) is -2.66. The minimum Gasteiger partial charge on any atom is -0.352 e. The van der Waals surface area contributed by atoms with Crippen molar-refractivity contribution in [3.63, 3.8) is 0 Å². The molecule has 0 aliphatic carbocycles. The van der Waals surface area contributed by atoms with Crippen molar-refractivity contribution in [1.82, 2.24) is 10.7 Å². The van der Waals surface area contributed by atoms with E-state index in [0.29, 0.717) is 18.2 Å². The lowest BCUT2D eigenvalue weighted by Crippen LogP contribution is -2.27. The van der Waals surface area contributed by atoms with Crippen molar-refractivity contribution in [3.8, 4) is 0 Å². The van der Waals surface area contributed by atoms with Crippen molar-refractivity contribution in [1.29, 1.82) is 0 Å². The van der Waals surface area contributed by atoms with E-state index >= 15 is 0 Å². The quantitative estimate of drug-likeness (QED) is 0.327. The normalized spacial score (nSPS) is 10.3. The van der Waals surface area contributed by atoms with Gasteiger partial charge in [-0.25, -0.2) is 14.2 Å². The Kier molecular flexibility index (Phi) is 7.59. The summed E-state index contributed by atoms with van der Waals surface area (Å²) < 4.78 is 26.5. The van der Waals surface area contributed by atoms with Crippen LogP contribution in [0.25, 0.3) is 0 Å². The molecule has 0 unspecified atom stereocenters. The van der Waals surface area contributed by atoms with Crippen LogP contribution < -0.4 is 10.7 Å². The summed E-state index contributed by atoms with van der Waals surface area (Å²) in [5.41, 5.74) is 4.67. The predicted molar refractivity (Wildman–Crippen MR) is 115 cm³/mol. The highest BCUT2D eigenvalue weighted by molar-refractivity contribution is 6.13. The summed E-state index contributed by atoms with van der Waals surface area (Å²) in [7, 11) is 0. The van der Waals surface area contributed by atoms with Crippen LogP contribution in [0.3, 0.4) is 0 Å². The number of hydrazone groups is 1. The van der Waals surface area contributed by atoms with Crippen LogP contribution in [0, 0.1) is 11.6 Å². The maximum Gasteiger partial charge on any atom is 0.254 e. The lowest BCUT2D eigenvalue weighted by molar-refractivity contribution is -0.121. The molecule has 31 heavy (non-hydrogen) atoms. The van der Waals surface area contributed by atoms with Crippen LogP contribution in [0.1, 0.15) is 34.3 Å². The van der Waals surface area contributed by atoms with Gasteiger partial charge in [0.15, 0.2) is 0 Å². The molecule has 5 nitrogen and oxygen atoms in total. The van der Waals surface area contributed by atoms with Crippen LogP contribution in [0.15, 0.2) is 84.0 Å². The first-order valence-electron chi connectivity index (χ1n) is 9.75. The van der Waals surface area contributed by atoms with E-state index in [2.05, 4.69) is 15.8 Å². The average Bonchev–Trinajstić information content (AvgIpc) is 2.78. The molecular weight excluding hydrogens is 400 g/mol. The van der Waals surface area contributed by atoms with Crippen LogP contribution >= 0.6 is 0 Å². The van der Waals surface area contributed by atoms with E-state index in [1.54, 1.807) is 0 Å². The van der Waals surface area contributed by atoms with E-state index in [0.717, 1.165) is 23.3 Å². The molecule has 7 heteroatoms. The molecule has 0 heterocycles. The van der Waals surface area contributed by atoms with Crippen LogP contribution in [0.2, 0.25) is 0 Å². The standard InChI is InChI=1S/C24H21F2N3O2/c25-19-13-14-20(21(26)16-19)24(31)27-15-7-12-22(30)28-29-23(17-8-3-1-4-9-17)18-10-5-2-6-11-18/h1-6,8-11,13-14,16H,7,12,15H2,(H,27,31)(H,28,30). The summed E-state index contributed by atoms with van der Waals surface area (Å²) >= 11 is 0. The van der Waals surface area contributed by atoms with Gasteiger partial charge in [0.1, 0.15) is 11.6 Å². The Balaban J connectivity index is 1.53. The van der Waals surface area contributed by atoms with E-state index in [1.165, 1.54) is 0 Å². The summed E-state index contributed by atoms with van der Waals surface area (Å²) in [6.07, 6.45) is 0.453. The topological polar surface area (TPSA) is 70.6 Å². The van der Waals surface area contributed by atoms with Crippen molar-refractivity contribution < 1.29 is 18.4 Å². The lowest BCUT2D eigenvalue weighted by Gasteiger charge is -2.08. The van der Waals surface area contributed by atoms with Crippen molar-refractivity contribution in [2.45, 2.75) is 12.8 Å².